The first kappa shape index (κ1) is 35.4. The number of nitrogens with zero attached hydrogens (tertiary/aromatic N) is 1. The largest absolute Gasteiger partial charge is 0.465 e. The lowest BCUT2D eigenvalue weighted by Crippen LogP contribution is -2.67. The molecular formula is C42H62N2O4S. The van der Waals surface area contributed by atoms with E-state index in [0.717, 1.165) is 19.5 Å². The third-order valence-electron chi connectivity index (χ3n) is 16.2. The van der Waals surface area contributed by atoms with Crippen molar-refractivity contribution in [2.75, 3.05) is 44.8 Å². The number of esters is 1. The minimum atomic E-state index is -2.85. The predicted molar refractivity (Wildman–Crippen MR) is 199 cm³/mol. The number of carbonyl (C=O) groups excluding carboxylic acids is 1. The van der Waals surface area contributed by atoms with Crippen molar-refractivity contribution in [2.45, 2.75) is 105 Å². The van der Waals surface area contributed by atoms with Gasteiger partial charge in [0.25, 0.3) is 0 Å². The molecule has 6 aliphatic rings. The van der Waals surface area contributed by atoms with Crippen LogP contribution in [0, 0.1) is 45.3 Å². The Morgan fingerprint density at radius 2 is 1.65 bits per heavy atom. The molecule has 5 aliphatic carbocycles. The molecule has 1 aromatic carbocycles. The van der Waals surface area contributed by atoms with Gasteiger partial charge in [-0.05, 0) is 127 Å². The maximum atomic E-state index is 12.1. The lowest BCUT2D eigenvalue weighted by molar-refractivity contribution is -0.213. The number of carbonyl (C=O) groups is 1. The number of methoxy groups -OCH3 is 1. The zero-order chi connectivity index (χ0) is 35.0. The van der Waals surface area contributed by atoms with Gasteiger partial charge in [-0.3, -0.25) is 0 Å². The number of sulfone groups is 1. The first-order valence-corrected chi connectivity index (χ1v) is 21.2. The van der Waals surface area contributed by atoms with Crippen LogP contribution in [-0.2, 0) is 14.6 Å². The molecule has 270 valence electrons. The number of nitrogens with one attached hydrogen (secondary N) is 1. The van der Waals surface area contributed by atoms with Gasteiger partial charge in [-0.2, -0.15) is 0 Å². The minimum absolute atomic E-state index is 0.0482. The quantitative estimate of drug-likeness (QED) is 0.241. The fourth-order valence-corrected chi connectivity index (χ4v) is 14.7. The van der Waals surface area contributed by atoms with Crippen LogP contribution in [-0.4, -0.2) is 69.6 Å². The highest BCUT2D eigenvalue weighted by molar-refractivity contribution is 7.91. The van der Waals surface area contributed by atoms with E-state index in [0.29, 0.717) is 64.7 Å². The van der Waals surface area contributed by atoms with Crippen LogP contribution in [0.4, 0.5) is 0 Å². The second-order valence-corrected chi connectivity index (χ2v) is 20.5. The van der Waals surface area contributed by atoms with Crippen LogP contribution >= 0.6 is 0 Å². The van der Waals surface area contributed by atoms with Gasteiger partial charge in [-0.15, -0.1) is 0 Å². The topological polar surface area (TPSA) is 75.7 Å². The second-order valence-electron chi connectivity index (χ2n) is 18.2. The molecule has 4 saturated carbocycles. The lowest BCUT2D eigenvalue weighted by atomic mass is 9.33. The first-order valence-electron chi connectivity index (χ1n) is 19.4. The zero-order valence-corrected chi connectivity index (χ0v) is 32.2. The van der Waals surface area contributed by atoms with Gasteiger partial charge in [0, 0.05) is 37.6 Å². The standard InChI is InChI=1S/C42H62N2O4S/c1-8-29-15-20-42(43-23-24-44-25-27-49(46,47)28-26-44)22-21-40(5)33(36(29)42)13-14-35-39(4)18-16-32(30-9-11-31(12-10-30)37(45)48-7)38(2,3)34(39)17-19-41(35,40)6/h8-12,16,33-36,43H,13-15,17-28H2,1-7H3/t33-,34+,35-,36-,39+,40-,41-,42+/m1/s1. The molecule has 0 radical (unpaired) electrons. The maximum Gasteiger partial charge on any atom is 0.337 e. The SMILES string of the molecule is CC=C1CC[C@]2(NCCN3CCS(=O)(=O)CC3)CC[C@]3(C)[C@H](CC[C@@H]4[C@@]5(C)CC=C(c6ccc(C(=O)OC)cc6)C(C)(C)[C@@H]5CC[C@]43C)[C@@H]12. The number of allylic oxidation sites excluding steroid dienone is 3. The fraction of sp³-hybridized carbons (Fsp3) is 0.738. The van der Waals surface area contributed by atoms with Crippen molar-refractivity contribution >= 4 is 21.4 Å². The van der Waals surface area contributed by atoms with Gasteiger partial charge in [-0.25, -0.2) is 13.2 Å². The third-order valence-corrected chi connectivity index (χ3v) is 17.8. The average molecular weight is 691 g/mol. The Balaban J connectivity index is 1.13. The van der Waals surface area contributed by atoms with Crippen LogP contribution in [0.5, 0.6) is 0 Å². The van der Waals surface area contributed by atoms with E-state index in [-0.39, 0.29) is 22.3 Å². The normalized spacial score (nSPS) is 41.9. The maximum absolute atomic E-state index is 12.1. The molecular weight excluding hydrogens is 629 g/mol. The van der Waals surface area contributed by atoms with E-state index in [4.69, 9.17) is 4.74 Å². The van der Waals surface area contributed by atoms with Gasteiger partial charge in [0.15, 0.2) is 9.84 Å². The highest BCUT2D eigenvalue weighted by Crippen LogP contribution is 2.76. The number of ether oxygens (including phenoxy) is 1. The van der Waals surface area contributed by atoms with E-state index in [1.54, 1.807) is 5.57 Å². The van der Waals surface area contributed by atoms with Crippen molar-refractivity contribution in [3.63, 3.8) is 0 Å². The molecule has 5 fully saturated rings. The van der Waals surface area contributed by atoms with Crippen molar-refractivity contribution in [1.82, 2.24) is 10.2 Å². The summed E-state index contributed by atoms with van der Waals surface area (Å²) in [6.07, 6.45) is 16.4. The number of hydrogen-bond donors (Lipinski definition) is 1. The van der Waals surface area contributed by atoms with Crippen molar-refractivity contribution in [1.29, 1.82) is 0 Å². The molecule has 0 unspecified atom stereocenters. The molecule has 0 bridgehead atoms. The molecule has 1 N–H and O–H groups in total. The van der Waals surface area contributed by atoms with Crippen molar-refractivity contribution in [3.8, 4) is 0 Å². The smallest absolute Gasteiger partial charge is 0.337 e. The van der Waals surface area contributed by atoms with E-state index in [1.165, 1.54) is 69.6 Å². The lowest BCUT2D eigenvalue weighted by Gasteiger charge is -2.72. The number of hydrogen-bond acceptors (Lipinski definition) is 6. The van der Waals surface area contributed by atoms with Crippen molar-refractivity contribution < 1.29 is 17.9 Å². The Morgan fingerprint density at radius 3 is 2.33 bits per heavy atom. The molecule has 1 heterocycles. The Bertz CT molecular complexity index is 1620. The second kappa shape index (κ2) is 12.3. The van der Waals surface area contributed by atoms with E-state index < -0.39 is 9.84 Å². The number of rotatable bonds is 6. The van der Waals surface area contributed by atoms with Crippen molar-refractivity contribution in [2.24, 2.45) is 45.3 Å². The number of fused-ring (bicyclic) bond motifs is 7. The predicted octanol–water partition coefficient (Wildman–Crippen LogP) is 7.95. The molecule has 7 rings (SSSR count). The average Bonchev–Trinajstić information content (AvgIpc) is 3.44. The molecule has 0 amide bonds. The Labute approximate surface area is 296 Å². The van der Waals surface area contributed by atoms with Gasteiger partial charge in [0.05, 0.1) is 24.2 Å². The number of benzene rings is 1. The molecule has 8 atom stereocenters. The molecule has 0 aromatic heterocycles. The van der Waals surface area contributed by atoms with Crippen LogP contribution in [0.15, 0.2) is 42.0 Å². The van der Waals surface area contributed by atoms with Crippen LogP contribution < -0.4 is 5.32 Å². The highest BCUT2D eigenvalue weighted by Gasteiger charge is 2.69. The first-order chi connectivity index (χ1) is 23.1. The van der Waals surface area contributed by atoms with Crippen LogP contribution in [0.3, 0.4) is 0 Å². The van der Waals surface area contributed by atoms with Crippen molar-refractivity contribution in [3.05, 3.63) is 53.1 Å². The summed E-state index contributed by atoms with van der Waals surface area (Å²) in [5.41, 5.74) is 6.07. The zero-order valence-electron chi connectivity index (χ0n) is 31.4. The monoisotopic (exact) mass is 690 g/mol. The fourth-order valence-electron chi connectivity index (χ4n) is 13.5. The van der Waals surface area contributed by atoms with E-state index >= 15 is 0 Å². The summed E-state index contributed by atoms with van der Waals surface area (Å²) in [5, 5.41) is 4.20. The van der Waals surface area contributed by atoms with E-state index in [1.807, 2.05) is 12.1 Å². The molecule has 1 saturated heterocycles. The summed E-state index contributed by atoms with van der Waals surface area (Å²) >= 11 is 0. The summed E-state index contributed by atoms with van der Waals surface area (Å²) in [5.74, 6) is 2.95. The van der Waals surface area contributed by atoms with E-state index in [2.05, 4.69) is 76.0 Å². The summed E-state index contributed by atoms with van der Waals surface area (Å²) < 4.78 is 29.0. The van der Waals surface area contributed by atoms with Gasteiger partial charge < -0.3 is 15.0 Å². The van der Waals surface area contributed by atoms with Crippen LogP contribution in [0.1, 0.15) is 115 Å². The Hall–Kier alpha value is -1.96. The van der Waals surface area contributed by atoms with Gasteiger partial charge in [-0.1, -0.05) is 64.5 Å². The molecule has 0 spiro atoms. The molecule has 7 heteroatoms. The van der Waals surface area contributed by atoms with Gasteiger partial charge in [0.1, 0.15) is 0 Å². The summed E-state index contributed by atoms with van der Waals surface area (Å²) in [6.45, 7) is 18.6. The Kier molecular flexibility index (Phi) is 8.92. The molecule has 6 nitrogen and oxygen atoms in total. The van der Waals surface area contributed by atoms with Crippen LogP contribution in [0.2, 0.25) is 0 Å². The molecule has 49 heavy (non-hydrogen) atoms. The minimum Gasteiger partial charge on any atom is -0.465 e. The molecule has 1 aliphatic heterocycles. The van der Waals surface area contributed by atoms with E-state index in [9.17, 15) is 13.2 Å². The van der Waals surface area contributed by atoms with Gasteiger partial charge in [0.2, 0.25) is 0 Å². The van der Waals surface area contributed by atoms with Gasteiger partial charge >= 0.3 is 5.97 Å². The Morgan fingerprint density at radius 1 is 0.939 bits per heavy atom. The summed E-state index contributed by atoms with van der Waals surface area (Å²) in [7, 11) is -1.41. The third kappa shape index (κ3) is 5.45. The van der Waals surface area contributed by atoms with Crippen LogP contribution in [0.25, 0.3) is 5.57 Å². The summed E-state index contributed by atoms with van der Waals surface area (Å²) in [4.78, 5) is 14.5. The molecule has 1 aromatic rings. The highest BCUT2D eigenvalue weighted by atomic mass is 32.2. The summed E-state index contributed by atoms with van der Waals surface area (Å²) in [6, 6.07) is 8.10.